The minimum atomic E-state index is 0.165. The highest BCUT2D eigenvalue weighted by Gasteiger charge is 2.26. The Morgan fingerprint density at radius 2 is 1.84 bits per heavy atom. The van der Waals surface area contributed by atoms with Crippen LogP contribution in [0.3, 0.4) is 0 Å². The maximum Gasteiger partial charge on any atom is 0.322 e. The van der Waals surface area contributed by atoms with Gasteiger partial charge < -0.3 is 10.1 Å². The Balaban J connectivity index is 2.05. The van der Waals surface area contributed by atoms with Gasteiger partial charge in [0.25, 0.3) is 0 Å². The number of rotatable bonds is 4. The molecule has 1 aliphatic rings. The molecule has 2 unspecified atom stereocenters. The molecular weight excluding hydrogens is 264 g/mol. The van der Waals surface area contributed by atoms with Crippen molar-refractivity contribution in [1.29, 1.82) is 0 Å². The van der Waals surface area contributed by atoms with E-state index in [9.17, 15) is 0 Å². The fourth-order valence-electron chi connectivity index (χ4n) is 2.74. The molecule has 0 bridgehead atoms. The minimum absolute atomic E-state index is 0.165. The van der Waals surface area contributed by atoms with Gasteiger partial charge in [0.05, 0.1) is 0 Å². The second-order valence-corrected chi connectivity index (χ2v) is 5.74. The molecule has 1 aromatic rings. The number of hydrogen-bond acceptors (Lipinski definition) is 5. The van der Waals surface area contributed by atoms with Crippen molar-refractivity contribution in [3.8, 4) is 6.01 Å². The molecule has 19 heavy (non-hydrogen) atoms. The lowest BCUT2D eigenvalue weighted by Crippen LogP contribution is -2.29. The van der Waals surface area contributed by atoms with Gasteiger partial charge in [0.1, 0.15) is 6.10 Å². The number of anilines is 1. The zero-order chi connectivity index (χ0) is 13.8. The molecule has 0 aromatic carbocycles. The Morgan fingerprint density at radius 1 is 1.16 bits per heavy atom. The first-order valence-electron chi connectivity index (χ1n) is 6.89. The van der Waals surface area contributed by atoms with E-state index >= 15 is 0 Å². The summed E-state index contributed by atoms with van der Waals surface area (Å²) in [6.07, 6.45) is 3.53. The largest absolute Gasteiger partial charge is 0.460 e. The Morgan fingerprint density at radius 3 is 2.47 bits per heavy atom. The van der Waals surface area contributed by atoms with Crippen molar-refractivity contribution in [3.63, 3.8) is 0 Å². The van der Waals surface area contributed by atoms with Crippen LogP contribution in [-0.2, 0) is 0 Å². The van der Waals surface area contributed by atoms with E-state index in [4.69, 9.17) is 16.3 Å². The third-order valence-corrected chi connectivity index (χ3v) is 3.50. The topological polar surface area (TPSA) is 59.9 Å². The highest BCUT2D eigenvalue weighted by atomic mass is 35.5. The van der Waals surface area contributed by atoms with Crippen LogP contribution in [0, 0.1) is 11.8 Å². The number of nitrogens with one attached hydrogen (secondary N) is 1. The normalized spacial score (nSPS) is 27.1. The molecule has 0 saturated heterocycles. The summed E-state index contributed by atoms with van der Waals surface area (Å²) < 4.78 is 5.88. The molecule has 0 spiro atoms. The first-order chi connectivity index (χ1) is 9.06. The van der Waals surface area contributed by atoms with Crippen molar-refractivity contribution in [2.24, 2.45) is 11.8 Å². The van der Waals surface area contributed by atoms with Crippen molar-refractivity contribution in [2.75, 3.05) is 11.9 Å². The predicted molar refractivity (Wildman–Crippen MR) is 75.6 cm³/mol. The average molecular weight is 285 g/mol. The molecule has 6 heteroatoms. The van der Waals surface area contributed by atoms with Crippen LogP contribution in [0.2, 0.25) is 5.28 Å². The van der Waals surface area contributed by atoms with Gasteiger partial charge in [-0.3, -0.25) is 0 Å². The lowest BCUT2D eigenvalue weighted by Gasteiger charge is -2.30. The van der Waals surface area contributed by atoms with Gasteiger partial charge in [0.2, 0.25) is 11.2 Å². The van der Waals surface area contributed by atoms with E-state index in [1.165, 1.54) is 6.42 Å². The smallest absolute Gasteiger partial charge is 0.322 e. The Bertz CT molecular complexity index is 419. The third kappa shape index (κ3) is 4.20. The molecule has 2 atom stereocenters. The zero-order valence-corrected chi connectivity index (χ0v) is 12.4. The van der Waals surface area contributed by atoms with Crippen molar-refractivity contribution >= 4 is 17.5 Å². The maximum atomic E-state index is 5.88. The van der Waals surface area contributed by atoms with Crippen molar-refractivity contribution in [3.05, 3.63) is 5.28 Å². The lowest BCUT2D eigenvalue weighted by molar-refractivity contribution is 0.0919. The van der Waals surface area contributed by atoms with Gasteiger partial charge in [-0.1, -0.05) is 13.8 Å². The van der Waals surface area contributed by atoms with Crippen LogP contribution in [0.5, 0.6) is 6.01 Å². The molecular formula is C13H21ClN4O. The van der Waals surface area contributed by atoms with E-state index < -0.39 is 0 Å². The van der Waals surface area contributed by atoms with Gasteiger partial charge in [-0.15, -0.1) is 0 Å². The SMILES string of the molecule is CCNc1nc(Cl)nc(OC2CC(C)CC(C)C2)n1. The Kier molecular flexibility index (Phi) is 4.80. The minimum Gasteiger partial charge on any atom is -0.460 e. The summed E-state index contributed by atoms with van der Waals surface area (Å²) in [5.41, 5.74) is 0. The summed E-state index contributed by atoms with van der Waals surface area (Å²) in [6, 6.07) is 0.322. The van der Waals surface area contributed by atoms with Crippen LogP contribution in [0.15, 0.2) is 0 Å². The van der Waals surface area contributed by atoms with Gasteiger partial charge in [-0.2, -0.15) is 15.0 Å². The van der Waals surface area contributed by atoms with Crippen LogP contribution in [0.4, 0.5) is 5.95 Å². The highest BCUT2D eigenvalue weighted by Crippen LogP contribution is 2.30. The van der Waals surface area contributed by atoms with E-state index in [1.54, 1.807) is 0 Å². The van der Waals surface area contributed by atoms with Crippen LogP contribution < -0.4 is 10.1 Å². The fourth-order valence-corrected chi connectivity index (χ4v) is 2.89. The van der Waals surface area contributed by atoms with Crippen molar-refractivity contribution < 1.29 is 4.74 Å². The Hall–Kier alpha value is -1.10. The number of hydrogen-bond donors (Lipinski definition) is 1. The summed E-state index contributed by atoms with van der Waals surface area (Å²) in [4.78, 5) is 12.3. The highest BCUT2D eigenvalue weighted by molar-refractivity contribution is 6.28. The number of aromatic nitrogens is 3. The first kappa shape index (κ1) is 14.3. The fraction of sp³-hybridized carbons (Fsp3) is 0.769. The number of ether oxygens (including phenoxy) is 1. The zero-order valence-electron chi connectivity index (χ0n) is 11.7. The standard InChI is InChI=1S/C13H21ClN4O/c1-4-15-12-16-11(14)17-13(18-12)19-10-6-8(2)5-9(3)7-10/h8-10H,4-7H2,1-3H3,(H,15,16,17,18). The monoisotopic (exact) mass is 284 g/mol. The van der Waals surface area contributed by atoms with Gasteiger partial charge in [-0.25, -0.2) is 0 Å². The lowest BCUT2D eigenvalue weighted by atomic mass is 9.82. The van der Waals surface area contributed by atoms with E-state index in [2.05, 4.69) is 34.1 Å². The Labute approximate surface area is 119 Å². The van der Waals surface area contributed by atoms with Gasteiger partial charge in [0.15, 0.2) is 0 Å². The molecule has 0 amide bonds. The van der Waals surface area contributed by atoms with Crippen LogP contribution in [0.25, 0.3) is 0 Å². The number of halogens is 1. The molecule has 0 aliphatic heterocycles. The van der Waals surface area contributed by atoms with E-state index in [-0.39, 0.29) is 11.4 Å². The number of nitrogens with zero attached hydrogens (tertiary/aromatic N) is 3. The van der Waals surface area contributed by atoms with Crippen molar-refractivity contribution in [1.82, 2.24) is 15.0 Å². The summed E-state index contributed by atoms with van der Waals surface area (Å²) in [6.45, 7) is 7.23. The third-order valence-electron chi connectivity index (χ3n) is 3.33. The summed E-state index contributed by atoms with van der Waals surface area (Å²) in [7, 11) is 0. The molecule has 1 saturated carbocycles. The molecule has 5 nitrogen and oxygen atoms in total. The van der Waals surface area contributed by atoms with Crippen molar-refractivity contribution in [2.45, 2.75) is 46.1 Å². The van der Waals surface area contributed by atoms with E-state index in [1.807, 2.05) is 6.92 Å². The molecule has 1 fully saturated rings. The summed E-state index contributed by atoms with van der Waals surface area (Å²) in [5.74, 6) is 1.83. The van der Waals surface area contributed by atoms with E-state index in [0.717, 1.165) is 19.4 Å². The first-order valence-corrected chi connectivity index (χ1v) is 7.26. The molecule has 106 valence electrons. The van der Waals surface area contributed by atoms with Crippen LogP contribution in [-0.4, -0.2) is 27.6 Å². The van der Waals surface area contributed by atoms with Crippen LogP contribution >= 0.6 is 11.6 Å². The van der Waals surface area contributed by atoms with Gasteiger partial charge >= 0.3 is 6.01 Å². The second kappa shape index (κ2) is 6.37. The maximum absolute atomic E-state index is 5.88. The molecule has 1 aromatic heterocycles. The quantitative estimate of drug-likeness (QED) is 0.920. The summed E-state index contributed by atoms with van der Waals surface area (Å²) in [5, 5.41) is 3.18. The van der Waals surface area contributed by atoms with Crippen LogP contribution in [0.1, 0.15) is 40.0 Å². The summed E-state index contributed by atoms with van der Waals surface area (Å²) >= 11 is 5.88. The average Bonchev–Trinajstić information content (AvgIpc) is 2.26. The van der Waals surface area contributed by atoms with Gasteiger partial charge in [0, 0.05) is 6.54 Å². The molecule has 1 heterocycles. The molecule has 1 aliphatic carbocycles. The molecule has 0 radical (unpaired) electrons. The molecule has 1 N–H and O–H groups in total. The van der Waals surface area contributed by atoms with Gasteiger partial charge in [-0.05, 0) is 49.6 Å². The molecule has 2 rings (SSSR count). The van der Waals surface area contributed by atoms with E-state index in [0.29, 0.717) is 23.8 Å². The second-order valence-electron chi connectivity index (χ2n) is 5.40. The predicted octanol–water partition coefficient (Wildman–Crippen LogP) is 3.16.